The zero-order chi connectivity index (χ0) is 15.0. The lowest BCUT2D eigenvalue weighted by Crippen LogP contribution is -2.49. The second-order valence-corrected chi connectivity index (χ2v) is 6.89. The summed E-state index contributed by atoms with van der Waals surface area (Å²) in [4.78, 5) is 14.4. The molecule has 0 aliphatic carbocycles. The molecule has 2 bridgehead atoms. The summed E-state index contributed by atoms with van der Waals surface area (Å²) in [6, 6.07) is 6.20. The monoisotopic (exact) mass is 353 g/mol. The van der Waals surface area contributed by atoms with E-state index in [0.717, 1.165) is 22.9 Å². The zero-order valence-corrected chi connectivity index (χ0v) is 13.7. The van der Waals surface area contributed by atoms with Gasteiger partial charge in [-0.1, -0.05) is 6.07 Å². The van der Waals surface area contributed by atoms with Crippen LogP contribution in [0.4, 0.5) is 0 Å². The number of fused-ring (bicyclic) bond motifs is 2. The lowest BCUT2D eigenvalue weighted by atomic mass is 10.00. The third kappa shape index (κ3) is 3.09. The fourth-order valence-corrected chi connectivity index (χ4v) is 4.10. The van der Waals surface area contributed by atoms with Crippen LogP contribution in [-0.4, -0.2) is 40.7 Å². The molecular formula is C16H20BrNO3. The van der Waals surface area contributed by atoms with Crippen LogP contribution >= 0.6 is 15.9 Å². The Kier molecular flexibility index (Phi) is 4.22. The van der Waals surface area contributed by atoms with Crippen LogP contribution in [0.15, 0.2) is 22.7 Å². The molecule has 0 radical (unpaired) electrons. The van der Waals surface area contributed by atoms with Gasteiger partial charge in [0, 0.05) is 12.1 Å². The number of amides is 1. The topological polar surface area (TPSA) is 49.8 Å². The van der Waals surface area contributed by atoms with E-state index in [2.05, 4.69) is 15.9 Å². The predicted molar refractivity (Wildman–Crippen MR) is 83.3 cm³/mol. The minimum Gasteiger partial charge on any atom is -0.483 e. The van der Waals surface area contributed by atoms with Crippen molar-refractivity contribution in [2.24, 2.45) is 0 Å². The van der Waals surface area contributed by atoms with Gasteiger partial charge >= 0.3 is 0 Å². The molecule has 2 saturated heterocycles. The number of aliphatic hydroxyl groups excluding tert-OH is 1. The van der Waals surface area contributed by atoms with E-state index in [4.69, 9.17) is 4.74 Å². The fourth-order valence-electron chi connectivity index (χ4n) is 3.49. The number of halogens is 1. The van der Waals surface area contributed by atoms with Gasteiger partial charge in [-0.3, -0.25) is 4.79 Å². The Morgan fingerprint density at radius 2 is 2.05 bits per heavy atom. The summed E-state index contributed by atoms with van der Waals surface area (Å²) in [6.45, 7) is 2.07. The lowest BCUT2D eigenvalue weighted by molar-refractivity contribution is -0.139. The standard InChI is InChI=1S/C16H20BrNO3/c1-10-2-5-15(14(17)6-10)21-9-16(20)18-11-3-4-12(18)8-13(19)7-11/h2,5-6,11-13,19H,3-4,7-9H2,1H3. The van der Waals surface area contributed by atoms with Crippen LogP contribution in [0.3, 0.4) is 0 Å². The van der Waals surface area contributed by atoms with E-state index in [1.54, 1.807) is 0 Å². The minimum absolute atomic E-state index is 0.0295. The van der Waals surface area contributed by atoms with E-state index in [1.807, 2.05) is 30.0 Å². The predicted octanol–water partition coefficient (Wildman–Crippen LogP) is 2.65. The average molecular weight is 354 g/mol. The number of rotatable bonds is 3. The number of aryl methyl sites for hydroxylation is 1. The SMILES string of the molecule is Cc1ccc(OCC(=O)N2C3CCC2CC(O)C3)c(Br)c1. The third-order valence-electron chi connectivity index (χ3n) is 4.43. The molecule has 2 unspecified atom stereocenters. The van der Waals surface area contributed by atoms with Gasteiger partial charge in [0.1, 0.15) is 5.75 Å². The first-order valence-electron chi connectivity index (χ1n) is 7.43. The van der Waals surface area contributed by atoms with Gasteiger partial charge in [0.2, 0.25) is 0 Å². The molecule has 2 heterocycles. The molecular weight excluding hydrogens is 334 g/mol. The number of aliphatic hydroxyl groups is 1. The summed E-state index contributed by atoms with van der Waals surface area (Å²) in [5.41, 5.74) is 1.14. The smallest absolute Gasteiger partial charge is 0.261 e. The van der Waals surface area contributed by atoms with Crippen molar-refractivity contribution in [3.05, 3.63) is 28.2 Å². The van der Waals surface area contributed by atoms with E-state index in [0.29, 0.717) is 18.6 Å². The van der Waals surface area contributed by atoms with Crippen molar-refractivity contribution in [2.45, 2.75) is 50.8 Å². The molecule has 114 valence electrons. The molecule has 3 rings (SSSR count). The molecule has 0 saturated carbocycles. The van der Waals surface area contributed by atoms with E-state index >= 15 is 0 Å². The van der Waals surface area contributed by atoms with Gasteiger partial charge in [-0.15, -0.1) is 0 Å². The van der Waals surface area contributed by atoms with Gasteiger partial charge in [0.05, 0.1) is 10.6 Å². The number of hydrogen-bond donors (Lipinski definition) is 1. The van der Waals surface area contributed by atoms with Crippen LogP contribution in [-0.2, 0) is 4.79 Å². The van der Waals surface area contributed by atoms with Crippen molar-refractivity contribution < 1.29 is 14.6 Å². The van der Waals surface area contributed by atoms with Crippen molar-refractivity contribution in [1.29, 1.82) is 0 Å². The first-order valence-corrected chi connectivity index (χ1v) is 8.22. The highest BCUT2D eigenvalue weighted by atomic mass is 79.9. The Bertz CT molecular complexity index is 534. The van der Waals surface area contributed by atoms with E-state index in [1.165, 1.54) is 0 Å². The van der Waals surface area contributed by atoms with Crippen molar-refractivity contribution in [3.63, 3.8) is 0 Å². The van der Waals surface area contributed by atoms with Gasteiger partial charge in [0.15, 0.2) is 6.61 Å². The molecule has 2 aliphatic rings. The number of carbonyl (C=O) groups is 1. The summed E-state index contributed by atoms with van der Waals surface area (Å²) in [5.74, 6) is 0.722. The maximum absolute atomic E-state index is 12.4. The molecule has 2 fully saturated rings. The number of nitrogens with zero attached hydrogens (tertiary/aromatic N) is 1. The first kappa shape index (κ1) is 14.9. The number of hydrogen-bond acceptors (Lipinski definition) is 3. The lowest BCUT2D eigenvalue weighted by Gasteiger charge is -2.37. The van der Waals surface area contributed by atoms with Crippen LogP contribution in [0.5, 0.6) is 5.75 Å². The van der Waals surface area contributed by atoms with Gasteiger partial charge in [0.25, 0.3) is 5.91 Å². The van der Waals surface area contributed by atoms with Crippen molar-refractivity contribution in [3.8, 4) is 5.75 Å². The van der Waals surface area contributed by atoms with Crippen LogP contribution in [0, 0.1) is 6.92 Å². The Hall–Kier alpha value is -1.07. The summed E-state index contributed by atoms with van der Waals surface area (Å²) in [6.07, 6.45) is 3.16. The molecule has 1 aromatic carbocycles. The van der Waals surface area contributed by atoms with E-state index < -0.39 is 0 Å². The molecule has 1 amide bonds. The van der Waals surface area contributed by atoms with Crippen LogP contribution < -0.4 is 4.74 Å². The van der Waals surface area contributed by atoms with Crippen molar-refractivity contribution >= 4 is 21.8 Å². The molecule has 2 atom stereocenters. The summed E-state index contributed by atoms with van der Waals surface area (Å²) < 4.78 is 6.53. The first-order chi connectivity index (χ1) is 10.0. The third-order valence-corrected chi connectivity index (χ3v) is 5.05. The maximum Gasteiger partial charge on any atom is 0.261 e. The van der Waals surface area contributed by atoms with Gasteiger partial charge < -0.3 is 14.7 Å². The summed E-state index contributed by atoms with van der Waals surface area (Å²) in [7, 11) is 0. The van der Waals surface area contributed by atoms with Gasteiger partial charge in [-0.2, -0.15) is 0 Å². The fraction of sp³-hybridized carbons (Fsp3) is 0.562. The molecule has 5 heteroatoms. The Labute approximate surface area is 133 Å². The maximum atomic E-state index is 12.4. The highest BCUT2D eigenvalue weighted by Gasteiger charge is 2.42. The molecule has 1 N–H and O–H groups in total. The van der Waals surface area contributed by atoms with Crippen molar-refractivity contribution in [2.75, 3.05) is 6.61 Å². The molecule has 1 aromatic rings. The largest absolute Gasteiger partial charge is 0.483 e. The van der Waals surface area contributed by atoms with Crippen LogP contribution in [0.25, 0.3) is 0 Å². The van der Waals surface area contributed by atoms with Gasteiger partial charge in [-0.05, 0) is 66.2 Å². The quantitative estimate of drug-likeness (QED) is 0.908. The highest BCUT2D eigenvalue weighted by Crippen LogP contribution is 2.36. The average Bonchev–Trinajstić information content (AvgIpc) is 2.70. The Morgan fingerprint density at radius 1 is 1.38 bits per heavy atom. The number of ether oxygens (including phenoxy) is 1. The summed E-state index contributed by atoms with van der Waals surface area (Å²) >= 11 is 3.45. The molecule has 21 heavy (non-hydrogen) atoms. The minimum atomic E-state index is -0.251. The summed E-state index contributed by atoms with van der Waals surface area (Å²) in [5, 5.41) is 9.78. The van der Waals surface area contributed by atoms with Crippen molar-refractivity contribution in [1.82, 2.24) is 4.90 Å². The van der Waals surface area contributed by atoms with Crippen LogP contribution in [0.1, 0.15) is 31.2 Å². The molecule has 0 spiro atoms. The highest BCUT2D eigenvalue weighted by molar-refractivity contribution is 9.10. The Morgan fingerprint density at radius 3 is 2.67 bits per heavy atom. The molecule has 4 nitrogen and oxygen atoms in total. The van der Waals surface area contributed by atoms with E-state index in [-0.39, 0.29) is 30.7 Å². The molecule has 2 aliphatic heterocycles. The molecule has 0 aromatic heterocycles. The number of carbonyl (C=O) groups excluding carboxylic acids is 1. The zero-order valence-electron chi connectivity index (χ0n) is 12.1. The Balaban J connectivity index is 1.62. The number of piperidine rings is 1. The normalized spacial score (nSPS) is 27.8. The van der Waals surface area contributed by atoms with Gasteiger partial charge in [-0.25, -0.2) is 0 Å². The van der Waals surface area contributed by atoms with Crippen LogP contribution in [0.2, 0.25) is 0 Å². The second-order valence-electron chi connectivity index (χ2n) is 6.03. The van der Waals surface area contributed by atoms with E-state index in [9.17, 15) is 9.90 Å². The number of benzene rings is 1. The second kappa shape index (κ2) is 5.97.